The SMILES string of the molecule is CCc1nc2cc(N)ccc2n1C(C)CCS(C)=O. The summed E-state index contributed by atoms with van der Waals surface area (Å²) in [6.07, 6.45) is 3.53. The van der Waals surface area contributed by atoms with Crippen molar-refractivity contribution in [2.45, 2.75) is 32.7 Å². The summed E-state index contributed by atoms with van der Waals surface area (Å²) >= 11 is 0. The van der Waals surface area contributed by atoms with Crippen molar-refractivity contribution in [3.63, 3.8) is 0 Å². The molecule has 2 unspecified atom stereocenters. The number of aryl methyl sites for hydroxylation is 1. The summed E-state index contributed by atoms with van der Waals surface area (Å²) in [4.78, 5) is 4.65. The van der Waals surface area contributed by atoms with Crippen molar-refractivity contribution in [3.8, 4) is 0 Å². The lowest BCUT2D eigenvalue weighted by Gasteiger charge is -2.16. The van der Waals surface area contributed by atoms with E-state index in [1.807, 2.05) is 18.2 Å². The molecule has 0 aliphatic heterocycles. The summed E-state index contributed by atoms with van der Waals surface area (Å²) in [6.45, 7) is 4.26. The number of rotatable bonds is 5. The zero-order chi connectivity index (χ0) is 14.0. The molecular weight excluding hydrogens is 258 g/mol. The first-order valence-electron chi connectivity index (χ1n) is 6.59. The fourth-order valence-corrected chi connectivity index (χ4v) is 3.05. The van der Waals surface area contributed by atoms with Crippen LogP contribution < -0.4 is 5.73 Å². The molecule has 5 heteroatoms. The van der Waals surface area contributed by atoms with Gasteiger partial charge in [0.2, 0.25) is 0 Å². The fraction of sp³-hybridized carbons (Fsp3) is 0.500. The van der Waals surface area contributed by atoms with E-state index in [4.69, 9.17) is 5.73 Å². The van der Waals surface area contributed by atoms with Crippen LogP contribution in [0.3, 0.4) is 0 Å². The van der Waals surface area contributed by atoms with Gasteiger partial charge in [-0.3, -0.25) is 4.21 Å². The van der Waals surface area contributed by atoms with Crippen LogP contribution in [0.25, 0.3) is 11.0 Å². The molecule has 1 heterocycles. The highest BCUT2D eigenvalue weighted by atomic mass is 32.2. The smallest absolute Gasteiger partial charge is 0.109 e. The number of hydrogen-bond donors (Lipinski definition) is 1. The van der Waals surface area contributed by atoms with E-state index in [2.05, 4.69) is 23.4 Å². The van der Waals surface area contributed by atoms with E-state index < -0.39 is 10.8 Å². The number of imidazole rings is 1. The van der Waals surface area contributed by atoms with Gasteiger partial charge in [0.15, 0.2) is 0 Å². The van der Waals surface area contributed by atoms with E-state index in [0.717, 1.165) is 41.1 Å². The van der Waals surface area contributed by atoms with Crippen LogP contribution in [-0.4, -0.2) is 25.8 Å². The lowest BCUT2D eigenvalue weighted by Crippen LogP contribution is -2.11. The second-order valence-corrected chi connectivity index (χ2v) is 6.47. The molecule has 0 aliphatic carbocycles. The maximum Gasteiger partial charge on any atom is 0.109 e. The topological polar surface area (TPSA) is 60.9 Å². The van der Waals surface area contributed by atoms with Crippen molar-refractivity contribution in [2.24, 2.45) is 0 Å². The van der Waals surface area contributed by atoms with E-state index in [-0.39, 0.29) is 0 Å². The van der Waals surface area contributed by atoms with Crippen LogP contribution in [0.2, 0.25) is 0 Å². The van der Waals surface area contributed by atoms with Gasteiger partial charge in [-0.2, -0.15) is 0 Å². The van der Waals surface area contributed by atoms with E-state index in [1.165, 1.54) is 0 Å². The Morgan fingerprint density at radius 3 is 2.84 bits per heavy atom. The van der Waals surface area contributed by atoms with Crippen LogP contribution >= 0.6 is 0 Å². The van der Waals surface area contributed by atoms with Crippen molar-refractivity contribution in [3.05, 3.63) is 24.0 Å². The molecule has 1 aromatic carbocycles. The summed E-state index contributed by atoms with van der Waals surface area (Å²) in [5.74, 6) is 1.79. The van der Waals surface area contributed by atoms with Gasteiger partial charge in [-0.25, -0.2) is 4.98 Å². The van der Waals surface area contributed by atoms with Gasteiger partial charge < -0.3 is 10.3 Å². The standard InChI is InChI=1S/C14H21N3OS/c1-4-14-16-12-9-11(15)5-6-13(12)17(14)10(2)7-8-19(3)18/h5-6,9-10H,4,7-8,15H2,1-3H3. The number of benzene rings is 1. The van der Waals surface area contributed by atoms with Crippen molar-refractivity contribution in [2.75, 3.05) is 17.7 Å². The highest BCUT2D eigenvalue weighted by Gasteiger charge is 2.15. The van der Waals surface area contributed by atoms with E-state index in [0.29, 0.717) is 6.04 Å². The van der Waals surface area contributed by atoms with Gasteiger partial charge in [0, 0.05) is 41.0 Å². The number of nitrogen functional groups attached to an aromatic ring is 1. The molecule has 0 aliphatic rings. The first kappa shape index (κ1) is 14.1. The molecule has 0 saturated heterocycles. The molecule has 19 heavy (non-hydrogen) atoms. The molecule has 0 spiro atoms. The van der Waals surface area contributed by atoms with Crippen molar-refractivity contribution >= 4 is 27.5 Å². The third kappa shape index (κ3) is 2.97. The van der Waals surface area contributed by atoms with Crippen molar-refractivity contribution in [1.82, 2.24) is 9.55 Å². The van der Waals surface area contributed by atoms with Crippen LogP contribution in [0.4, 0.5) is 5.69 Å². The maximum atomic E-state index is 11.3. The molecule has 2 aromatic rings. The first-order valence-corrected chi connectivity index (χ1v) is 8.32. The first-order chi connectivity index (χ1) is 9.02. The van der Waals surface area contributed by atoms with Gasteiger partial charge >= 0.3 is 0 Å². The number of anilines is 1. The molecule has 2 rings (SSSR count). The molecule has 104 valence electrons. The van der Waals surface area contributed by atoms with Gasteiger partial charge in [-0.05, 0) is 31.5 Å². The van der Waals surface area contributed by atoms with E-state index >= 15 is 0 Å². The second-order valence-electron chi connectivity index (χ2n) is 4.91. The van der Waals surface area contributed by atoms with Crippen LogP contribution in [-0.2, 0) is 17.2 Å². The Bertz CT molecular complexity index is 606. The Balaban J connectivity index is 2.42. The van der Waals surface area contributed by atoms with Crippen LogP contribution in [0.15, 0.2) is 18.2 Å². The summed E-state index contributed by atoms with van der Waals surface area (Å²) < 4.78 is 13.5. The van der Waals surface area contributed by atoms with Crippen LogP contribution in [0.1, 0.15) is 32.1 Å². The van der Waals surface area contributed by atoms with E-state index in [9.17, 15) is 4.21 Å². The number of hydrogen-bond acceptors (Lipinski definition) is 3. The van der Waals surface area contributed by atoms with Gasteiger partial charge in [-0.15, -0.1) is 0 Å². The molecule has 0 amide bonds. The maximum absolute atomic E-state index is 11.3. The second kappa shape index (κ2) is 5.74. The molecular formula is C14H21N3OS. The average Bonchev–Trinajstić information content (AvgIpc) is 2.73. The van der Waals surface area contributed by atoms with Gasteiger partial charge in [0.1, 0.15) is 5.82 Å². The van der Waals surface area contributed by atoms with Crippen LogP contribution in [0.5, 0.6) is 0 Å². The zero-order valence-electron chi connectivity index (χ0n) is 11.7. The molecule has 4 nitrogen and oxygen atoms in total. The van der Waals surface area contributed by atoms with Crippen molar-refractivity contribution < 1.29 is 4.21 Å². The minimum atomic E-state index is -0.747. The molecule has 0 fully saturated rings. The Hall–Kier alpha value is -1.36. The Labute approximate surface area is 116 Å². The lowest BCUT2D eigenvalue weighted by molar-refractivity contribution is 0.525. The average molecular weight is 279 g/mol. The monoisotopic (exact) mass is 279 g/mol. The molecule has 2 atom stereocenters. The summed E-state index contributed by atoms with van der Waals surface area (Å²) in [7, 11) is -0.747. The van der Waals surface area contributed by atoms with E-state index in [1.54, 1.807) is 6.26 Å². The minimum absolute atomic E-state index is 0.299. The molecule has 0 radical (unpaired) electrons. The largest absolute Gasteiger partial charge is 0.399 e. The fourth-order valence-electron chi connectivity index (χ4n) is 2.37. The van der Waals surface area contributed by atoms with Gasteiger partial charge in [-0.1, -0.05) is 6.92 Å². The van der Waals surface area contributed by atoms with Gasteiger partial charge in [0.25, 0.3) is 0 Å². The Morgan fingerprint density at radius 2 is 2.21 bits per heavy atom. The Morgan fingerprint density at radius 1 is 1.47 bits per heavy atom. The normalized spacial score (nSPS) is 14.7. The number of nitrogens with zero attached hydrogens (tertiary/aromatic N) is 2. The van der Waals surface area contributed by atoms with Crippen molar-refractivity contribution in [1.29, 1.82) is 0 Å². The molecule has 2 N–H and O–H groups in total. The highest BCUT2D eigenvalue weighted by molar-refractivity contribution is 7.84. The quantitative estimate of drug-likeness (QED) is 0.855. The molecule has 0 bridgehead atoms. The predicted octanol–water partition coefficient (Wildman–Crippen LogP) is 2.51. The summed E-state index contributed by atoms with van der Waals surface area (Å²) in [5, 5.41) is 0. The summed E-state index contributed by atoms with van der Waals surface area (Å²) in [6, 6.07) is 6.14. The zero-order valence-corrected chi connectivity index (χ0v) is 12.5. The minimum Gasteiger partial charge on any atom is -0.399 e. The lowest BCUT2D eigenvalue weighted by atomic mass is 10.2. The number of nitrogens with two attached hydrogens (primary N) is 1. The van der Waals surface area contributed by atoms with Crippen LogP contribution in [0, 0.1) is 0 Å². The third-order valence-electron chi connectivity index (χ3n) is 3.37. The van der Waals surface area contributed by atoms with Gasteiger partial charge in [0.05, 0.1) is 11.0 Å². The molecule has 0 saturated carbocycles. The number of aromatic nitrogens is 2. The Kier molecular flexibility index (Phi) is 4.24. The predicted molar refractivity (Wildman–Crippen MR) is 81.8 cm³/mol. The highest BCUT2D eigenvalue weighted by Crippen LogP contribution is 2.25. The molecule has 1 aromatic heterocycles. The summed E-state index contributed by atoms with van der Waals surface area (Å²) in [5.41, 5.74) is 8.60. The number of fused-ring (bicyclic) bond motifs is 1. The third-order valence-corrected chi connectivity index (χ3v) is 4.18.